The first kappa shape index (κ1) is 21.7. The quantitative estimate of drug-likeness (QED) is 0.552. The van der Waals surface area contributed by atoms with Gasteiger partial charge >= 0.3 is 5.97 Å². The Morgan fingerprint density at radius 2 is 1.79 bits per heavy atom. The predicted molar refractivity (Wildman–Crippen MR) is 115 cm³/mol. The number of aliphatic hydroxyl groups is 1. The van der Waals surface area contributed by atoms with Crippen LogP contribution in [0.3, 0.4) is 0 Å². The molecule has 1 aromatic rings. The average molecular weight is 401 g/mol. The first-order valence-corrected chi connectivity index (χ1v) is 11.1. The van der Waals surface area contributed by atoms with E-state index in [-0.39, 0.29) is 18.7 Å². The standard InChI is InChI=1S/C24H36N2O3/c1-19(2)22-25(3)15-16-26(22)17-18-29-23(27)24(28,21-13-9-6-10-14-21)20-11-7-4-5-8-12-20/h6,9-10,13-16,19-20,22,28H,4-5,7-8,11-12,17-18H2,1-3H3. The molecule has 160 valence electrons. The highest BCUT2D eigenvalue weighted by Crippen LogP contribution is 2.39. The molecule has 1 aromatic carbocycles. The molecule has 0 aromatic heterocycles. The van der Waals surface area contributed by atoms with Crippen molar-refractivity contribution in [2.45, 2.75) is 64.1 Å². The van der Waals surface area contributed by atoms with Crippen molar-refractivity contribution in [3.8, 4) is 0 Å². The van der Waals surface area contributed by atoms with Crippen LogP contribution in [0.15, 0.2) is 42.7 Å². The number of rotatable bonds is 7. The molecule has 3 rings (SSSR count). The molecule has 5 nitrogen and oxygen atoms in total. The molecule has 1 saturated carbocycles. The molecule has 29 heavy (non-hydrogen) atoms. The molecule has 1 heterocycles. The zero-order valence-corrected chi connectivity index (χ0v) is 18.1. The fourth-order valence-corrected chi connectivity index (χ4v) is 4.92. The zero-order valence-electron chi connectivity index (χ0n) is 18.1. The second-order valence-electron chi connectivity index (χ2n) is 8.82. The van der Waals surface area contributed by atoms with E-state index in [1.165, 1.54) is 12.8 Å². The van der Waals surface area contributed by atoms with Crippen molar-refractivity contribution in [3.63, 3.8) is 0 Å². The van der Waals surface area contributed by atoms with Crippen molar-refractivity contribution in [1.29, 1.82) is 0 Å². The summed E-state index contributed by atoms with van der Waals surface area (Å²) < 4.78 is 5.70. The Morgan fingerprint density at radius 3 is 2.41 bits per heavy atom. The van der Waals surface area contributed by atoms with Crippen LogP contribution in [0.1, 0.15) is 57.9 Å². The second kappa shape index (κ2) is 9.66. The summed E-state index contributed by atoms with van der Waals surface area (Å²) in [5.74, 6) is -0.146. The van der Waals surface area contributed by atoms with E-state index in [1.54, 1.807) is 0 Å². The molecule has 0 spiro atoms. The first-order valence-electron chi connectivity index (χ1n) is 11.1. The van der Waals surface area contributed by atoms with Crippen LogP contribution >= 0.6 is 0 Å². The van der Waals surface area contributed by atoms with Gasteiger partial charge in [0.2, 0.25) is 0 Å². The molecule has 1 fully saturated rings. The van der Waals surface area contributed by atoms with Gasteiger partial charge in [-0.25, -0.2) is 4.79 Å². The third-order valence-electron chi connectivity index (χ3n) is 6.40. The molecule has 0 bridgehead atoms. The van der Waals surface area contributed by atoms with Gasteiger partial charge in [-0.3, -0.25) is 0 Å². The Labute approximate surface area is 175 Å². The summed E-state index contributed by atoms with van der Waals surface area (Å²) >= 11 is 0. The Hall–Kier alpha value is -2.01. The molecular weight excluding hydrogens is 364 g/mol. The van der Waals surface area contributed by atoms with Gasteiger partial charge in [-0.05, 0) is 24.3 Å². The van der Waals surface area contributed by atoms with E-state index in [1.807, 2.05) is 36.5 Å². The van der Waals surface area contributed by atoms with E-state index in [0.717, 1.165) is 25.7 Å². The van der Waals surface area contributed by atoms with Crippen LogP contribution in [0, 0.1) is 11.8 Å². The van der Waals surface area contributed by atoms with Crippen LogP contribution in [0.5, 0.6) is 0 Å². The monoisotopic (exact) mass is 400 g/mol. The highest BCUT2D eigenvalue weighted by atomic mass is 16.5. The Kier molecular flexibility index (Phi) is 7.23. The maximum absolute atomic E-state index is 13.2. The van der Waals surface area contributed by atoms with E-state index in [4.69, 9.17) is 4.74 Å². The lowest BCUT2D eigenvalue weighted by molar-refractivity contribution is -0.175. The largest absolute Gasteiger partial charge is 0.461 e. The van der Waals surface area contributed by atoms with Crippen LogP contribution in [0.25, 0.3) is 0 Å². The van der Waals surface area contributed by atoms with E-state index in [0.29, 0.717) is 18.0 Å². The third-order valence-corrected chi connectivity index (χ3v) is 6.40. The van der Waals surface area contributed by atoms with Gasteiger partial charge in [0.25, 0.3) is 0 Å². The second-order valence-corrected chi connectivity index (χ2v) is 8.82. The molecule has 0 saturated heterocycles. The maximum Gasteiger partial charge on any atom is 0.343 e. The van der Waals surface area contributed by atoms with Crippen molar-refractivity contribution < 1.29 is 14.6 Å². The number of ether oxygens (including phenoxy) is 1. The smallest absolute Gasteiger partial charge is 0.343 e. The molecule has 0 amide bonds. The Balaban J connectivity index is 1.69. The van der Waals surface area contributed by atoms with Gasteiger partial charge in [-0.1, -0.05) is 69.9 Å². The van der Waals surface area contributed by atoms with Gasteiger partial charge < -0.3 is 19.6 Å². The Morgan fingerprint density at radius 1 is 1.14 bits per heavy atom. The summed E-state index contributed by atoms with van der Waals surface area (Å²) in [5, 5.41) is 11.7. The summed E-state index contributed by atoms with van der Waals surface area (Å²) in [7, 11) is 2.06. The van der Waals surface area contributed by atoms with E-state index >= 15 is 0 Å². The lowest BCUT2D eigenvalue weighted by Crippen LogP contribution is -2.46. The lowest BCUT2D eigenvalue weighted by atomic mass is 9.77. The number of hydrogen-bond donors (Lipinski definition) is 1. The number of hydrogen-bond acceptors (Lipinski definition) is 5. The Bertz CT molecular complexity index is 683. The van der Waals surface area contributed by atoms with E-state index < -0.39 is 11.6 Å². The molecule has 2 aliphatic rings. The van der Waals surface area contributed by atoms with Gasteiger partial charge in [0, 0.05) is 25.4 Å². The van der Waals surface area contributed by atoms with Crippen LogP contribution < -0.4 is 0 Å². The van der Waals surface area contributed by atoms with Crippen molar-refractivity contribution in [1.82, 2.24) is 9.80 Å². The molecule has 5 heteroatoms. The average Bonchev–Trinajstić information content (AvgIpc) is 2.91. The zero-order chi connectivity index (χ0) is 20.9. The van der Waals surface area contributed by atoms with Gasteiger partial charge in [-0.2, -0.15) is 0 Å². The number of esters is 1. The summed E-state index contributed by atoms with van der Waals surface area (Å²) in [6, 6.07) is 9.35. The number of carbonyl (C=O) groups excluding carboxylic acids is 1. The van der Waals surface area contributed by atoms with Crippen molar-refractivity contribution in [3.05, 3.63) is 48.3 Å². The molecule has 2 unspecified atom stereocenters. The van der Waals surface area contributed by atoms with Crippen molar-refractivity contribution >= 4 is 5.97 Å². The highest BCUT2D eigenvalue weighted by Gasteiger charge is 2.46. The SMILES string of the molecule is CC(C)C1N(C)C=CN1CCOC(=O)C(O)(c1ccccc1)C1CCCCCC1. The molecule has 1 aliphatic carbocycles. The van der Waals surface area contributed by atoms with Gasteiger partial charge in [-0.15, -0.1) is 0 Å². The minimum Gasteiger partial charge on any atom is -0.461 e. The topological polar surface area (TPSA) is 53.0 Å². The summed E-state index contributed by atoms with van der Waals surface area (Å²) in [5.41, 5.74) is -0.918. The maximum atomic E-state index is 13.2. The lowest BCUT2D eigenvalue weighted by Gasteiger charge is -2.35. The summed E-state index contributed by atoms with van der Waals surface area (Å²) in [4.78, 5) is 17.6. The van der Waals surface area contributed by atoms with Gasteiger partial charge in [0.15, 0.2) is 5.60 Å². The minimum atomic E-state index is -1.57. The van der Waals surface area contributed by atoms with Crippen LogP contribution in [-0.2, 0) is 15.1 Å². The fraction of sp³-hybridized carbons (Fsp3) is 0.625. The predicted octanol–water partition coefficient (Wildman–Crippen LogP) is 4.09. The fourth-order valence-electron chi connectivity index (χ4n) is 4.92. The third kappa shape index (κ3) is 4.77. The van der Waals surface area contributed by atoms with E-state index in [9.17, 15) is 9.90 Å². The molecule has 0 radical (unpaired) electrons. The van der Waals surface area contributed by atoms with Gasteiger partial charge in [0.1, 0.15) is 12.8 Å². The number of nitrogens with zero attached hydrogens (tertiary/aromatic N) is 2. The summed E-state index contributed by atoms with van der Waals surface area (Å²) in [6.45, 7) is 5.26. The first-order chi connectivity index (χ1) is 13.9. The normalized spacial score (nSPS) is 22.6. The molecule has 1 N–H and O–H groups in total. The van der Waals surface area contributed by atoms with Crippen molar-refractivity contribution in [2.24, 2.45) is 11.8 Å². The van der Waals surface area contributed by atoms with Crippen LogP contribution in [-0.4, -0.2) is 47.2 Å². The number of benzene rings is 1. The minimum absolute atomic E-state index is 0.0962. The molecule has 1 aliphatic heterocycles. The number of carbonyl (C=O) groups is 1. The molecule has 2 atom stereocenters. The molecular formula is C24H36N2O3. The highest BCUT2D eigenvalue weighted by molar-refractivity contribution is 5.81. The van der Waals surface area contributed by atoms with E-state index in [2.05, 4.69) is 36.9 Å². The van der Waals surface area contributed by atoms with Crippen LogP contribution in [0.2, 0.25) is 0 Å². The van der Waals surface area contributed by atoms with Gasteiger partial charge in [0.05, 0.1) is 6.54 Å². The van der Waals surface area contributed by atoms with Crippen LogP contribution in [0.4, 0.5) is 0 Å². The van der Waals surface area contributed by atoms with Crippen molar-refractivity contribution in [2.75, 3.05) is 20.2 Å². The summed E-state index contributed by atoms with van der Waals surface area (Å²) in [6.07, 6.45) is 10.5.